The maximum atomic E-state index is 13.0. The van der Waals surface area contributed by atoms with Gasteiger partial charge in [0.2, 0.25) is 5.91 Å². The number of amides is 1. The number of nitrogens with two attached hydrogens (primary N) is 1. The lowest BCUT2D eigenvalue weighted by atomic mass is 9.80. The number of rotatable bonds is 5. The van der Waals surface area contributed by atoms with Gasteiger partial charge in [-0.1, -0.05) is 25.4 Å². The van der Waals surface area contributed by atoms with E-state index in [0.29, 0.717) is 12.5 Å². The molecule has 1 aliphatic heterocycles. The third kappa shape index (κ3) is 3.55. The van der Waals surface area contributed by atoms with E-state index in [2.05, 4.69) is 13.8 Å². The van der Waals surface area contributed by atoms with Crippen LogP contribution in [0.15, 0.2) is 18.2 Å². The number of aromatic nitrogens is 1. The summed E-state index contributed by atoms with van der Waals surface area (Å²) < 4.78 is 1.18. The third-order valence-corrected chi connectivity index (χ3v) is 7.13. The fraction of sp³-hybridized carbons (Fsp3) is 0.579. The minimum Gasteiger partial charge on any atom is -0.342 e. The normalized spacial score (nSPS) is 16.6. The highest BCUT2D eigenvalue weighted by Gasteiger charge is 2.38. The Hall–Kier alpha value is -1.17. The van der Waals surface area contributed by atoms with Gasteiger partial charge in [0.15, 0.2) is 0 Å². The van der Waals surface area contributed by atoms with Crippen molar-refractivity contribution in [3.8, 4) is 0 Å². The number of carbonyl (C=O) groups is 1. The second kappa shape index (κ2) is 7.60. The summed E-state index contributed by atoms with van der Waals surface area (Å²) in [4.78, 5) is 19.7. The number of benzene rings is 1. The summed E-state index contributed by atoms with van der Waals surface area (Å²) in [6.45, 7) is 6.14. The average Bonchev–Trinajstić information content (AvgIpc) is 3.06. The van der Waals surface area contributed by atoms with Gasteiger partial charge in [-0.05, 0) is 43.9 Å². The van der Waals surface area contributed by atoms with Crippen molar-refractivity contribution in [2.75, 3.05) is 19.6 Å². The van der Waals surface area contributed by atoms with Crippen molar-refractivity contribution < 1.29 is 4.79 Å². The smallest absolute Gasteiger partial charge is 0.230 e. The highest BCUT2D eigenvalue weighted by atomic mass is 35.5. The van der Waals surface area contributed by atoms with E-state index in [9.17, 15) is 4.79 Å². The molecule has 0 unspecified atom stereocenters. The molecular formula is C19H26ClN3OS. The number of likely N-dealkylation sites (tertiary alicyclic amines) is 1. The van der Waals surface area contributed by atoms with Gasteiger partial charge in [0.05, 0.1) is 20.6 Å². The highest BCUT2D eigenvalue weighted by molar-refractivity contribution is 7.18. The van der Waals surface area contributed by atoms with Crippen molar-refractivity contribution in [2.24, 2.45) is 11.1 Å². The van der Waals surface area contributed by atoms with Gasteiger partial charge in [0.1, 0.15) is 0 Å². The molecule has 0 aliphatic carbocycles. The van der Waals surface area contributed by atoms with Crippen LogP contribution in [0.3, 0.4) is 0 Å². The second-order valence-corrected chi connectivity index (χ2v) is 8.42. The average molecular weight is 380 g/mol. The predicted molar refractivity (Wildman–Crippen MR) is 105 cm³/mol. The molecule has 4 nitrogen and oxygen atoms in total. The molecule has 1 fully saturated rings. The molecule has 2 N–H and O–H groups in total. The van der Waals surface area contributed by atoms with E-state index >= 15 is 0 Å². The van der Waals surface area contributed by atoms with Gasteiger partial charge < -0.3 is 10.6 Å². The number of hydrogen-bond donors (Lipinski definition) is 1. The van der Waals surface area contributed by atoms with Crippen LogP contribution in [-0.2, 0) is 4.79 Å². The topological polar surface area (TPSA) is 59.2 Å². The van der Waals surface area contributed by atoms with Crippen molar-refractivity contribution in [3.05, 3.63) is 28.2 Å². The van der Waals surface area contributed by atoms with Gasteiger partial charge in [-0.2, -0.15) is 0 Å². The second-order valence-electron chi connectivity index (χ2n) is 6.92. The molecule has 0 saturated carbocycles. The molecule has 1 aliphatic rings. The van der Waals surface area contributed by atoms with Crippen molar-refractivity contribution >= 4 is 39.1 Å². The Morgan fingerprint density at radius 1 is 1.36 bits per heavy atom. The maximum absolute atomic E-state index is 13.0. The number of hydrogen-bond acceptors (Lipinski definition) is 4. The molecule has 0 bridgehead atoms. The largest absolute Gasteiger partial charge is 0.342 e. The molecular weight excluding hydrogens is 354 g/mol. The first-order valence-corrected chi connectivity index (χ1v) is 10.3. The lowest BCUT2D eigenvalue weighted by Crippen LogP contribution is -2.49. The first-order valence-electron chi connectivity index (χ1n) is 9.08. The van der Waals surface area contributed by atoms with Crippen molar-refractivity contribution in [1.82, 2.24) is 9.88 Å². The van der Waals surface area contributed by atoms with Crippen molar-refractivity contribution in [2.45, 2.75) is 45.4 Å². The summed E-state index contributed by atoms with van der Waals surface area (Å²) >= 11 is 7.81. The molecule has 6 heteroatoms. The molecule has 0 spiro atoms. The number of carbonyl (C=O) groups excluding carboxylic acids is 1. The first kappa shape index (κ1) is 18.6. The number of piperidine rings is 1. The molecule has 25 heavy (non-hydrogen) atoms. The summed E-state index contributed by atoms with van der Waals surface area (Å²) in [6.07, 6.45) is 3.54. The van der Waals surface area contributed by atoms with Gasteiger partial charge in [-0.15, -0.1) is 11.3 Å². The molecule has 0 atom stereocenters. The number of fused-ring (bicyclic) bond motifs is 1. The molecule has 3 rings (SSSR count). The standard InChI is InChI=1S/C19H26ClN3OS/c1-3-19(4-2,12-21)18(24)23-9-7-13(8-10-23)17-22-15-11-14(20)5-6-16(15)25-17/h5-6,11,13H,3-4,7-10,12,21H2,1-2H3. The first-order chi connectivity index (χ1) is 12.0. The Kier molecular flexibility index (Phi) is 5.66. The van der Waals surface area contributed by atoms with Gasteiger partial charge in [0.25, 0.3) is 0 Å². The summed E-state index contributed by atoms with van der Waals surface area (Å²) in [5.74, 6) is 0.658. The van der Waals surface area contributed by atoms with E-state index in [4.69, 9.17) is 22.3 Å². The Bertz CT molecular complexity index is 740. The van der Waals surface area contributed by atoms with Crippen LogP contribution < -0.4 is 5.73 Å². The SMILES string of the molecule is CCC(CC)(CN)C(=O)N1CCC(c2nc3cc(Cl)ccc3s2)CC1. The lowest BCUT2D eigenvalue weighted by Gasteiger charge is -2.38. The zero-order chi connectivity index (χ0) is 18.0. The van der Waals surface area contributed by atoms with E-state index in [0.717, 1.165) is 49.3 Å². The van der Waals surface area contributed by atoms with Crippen LogP contribution in [0.1, 0.15) is 50.5 Å². The summed E-state index contributed by atoms with van der Waals surface area (Å²) in [5.41, 5.74) is 6.53. The molecule has 0 radical (unpaired) electrons. The van der Waals surface area contributed by atoms with Crippen molar-refractivity contribution in [3.63, 3.8) is 0 Å². The monoisotopic (exact) mass is 379 g/mol. The number of thiazole rings is 1. The number of nitrogens with zero attached hydrogens (tertiary/aromatic N) is 2. The van der Waals surface area contributed by atoms with Gasteiger partial charge in [-0.3, -0.25) is 4.79 Å². The molecule has 136 valence electrons. The van der Waals surface area contributed by atoms with Crippen LogP contribution in [-0.4, -0.2) is 35.4 Å². The summed E-state index contributed by atoms with van der Waals surface area (Å²) in [6, 6.07) is 5.87. The fourth-order valence-electron chi connectivity index (χ4n) is 3.69. The van der Waals surface area contributed by atoms with Crippen molar-refractivity contribution in [1.29, 1.82) is 0 Å². The van der Waals surface area contributed by atoms with E-state index in [-0.39, 0.29) is 11.3 Å². The molecule has 1 aromatic carbocycles. The predicted octanol–water partition coefficient (Wildman–Crippen LogP) is 4.42. The third-order valence-electron chi connectivity index (χ3n) is 5.70. The van der Waals surface area contributed by atoms with Crippen LogP contribution in [0.25, 0.3) is 10.2 Å². The van der Waals surface area contributed by atoms with Crippen LogP contribution >= 0.6 is 22.9 Å². The Morgan fingerprint density at radius 2 is 2.04 bits per heavy atom. The van der Waals surface area contributed by atoms with E-state index in [1.54, 1.807) is 11.3 Å². The van der Waals surface area contributed by atoms with Crippen LogP contribution in [0.4, 0.5) is 0 Å². The minimum absolute atomic E-state index is 0.231. The zero-order valence-electron chi connectivity index (χ0n) is 14.9. The summed E-state index contributed by atoms with van der Waals surface area (Å²) in [5, 5.41) is 1.89. The van der Waals surface area contributed by atoms with Crippen LogP contribution in [0.2, 0.25) is 5.02 Å². The van der Waals surface area contributed by atoms with E-state index in [1.165, 1.54) is 9.71 Å². The lowest BCUT2D eigenvalue weighted by molar-refractivity contribution is -0.143. The van der Waals surface area contributed by atoms with E-state index < -0.39 is 0 Å². The zero-order valence-corrected chi connectivity index (χ0v) is 16.5. The summed E-state index contributed by atoms with van der Waals surface area (Å²) in [7, 11) is 0. The molecule has 1 aromatic heterocycles. The molecule has 1 saturated heterocycles. The molecule has 2 heterocycles. The van der Waals surface area contributed by atoms with Gasteiger partial charge in [-0.25, -0.2) is 4.98 Å². The fourth-order valence-corrected chi connectivity index (χ4v) is 4.97. The Balaban J connectivity index is 1.69. The van der Waals surface area contributed by atoms with Gasteiger partial charge in [0, 0.05) is 30.6 Å². The van der Waals surface area contributed by atoms with Crippen LogP contribution in [0.5, 0.6) is 0 Å². The Morgan fingerprint density at radius 3 is 2.64 bits per heavy atom. The molecule has 2 aromatic rings. The highest BCUT2D eigenvalue weighted by Crippen LogP contribution is 2.36. The molecule has 1 amide bonds. The van der Waals surface area contributed by atoms with Crippen LogP contribution in [0, 0.1) is 5.41 Å². The maximum Gasteiger partial charge on any atom is 0.230 e. The number of halogens is 1. The van der Waals surface area contributed by atoms with Gasteiger partial charge >= 0.3 is 0 Å². The van der Waals surface area contributed by atoms with E-state index in [1.807, 2.05) is 23.1 Å². The quantitative estimate of drug-likeness (QED) is 0.836. The minimum atomic E-state index is -0.389. The Labute approximate surface area is 158 Å².